The highest BCUT2D eigenvalue weighted by Gasteiger charge is 2.69. The molecule has 0 aromatic carbocycles. The molecular weight excluding hydrogens is 462 g/mol. The normalized spacial score (nSPS) is 27.3. The molecule has 3 rings (SSSR count). The number of hydrogen-bond acceptors (Lipinski definition) is 10. The van der Waals surface area contributed by atoms with Crippen molar-refractivity contribution in [3.63, 3.8) is 0 Å². The predicted molar refractivity (Wildman–Crippen MR) is 104 cm³/mol. The van der Waals surface area contributed by atoms with Crippen molar-refractivity contribution >= 4 is 33.6 Å². The maximum absolute atomic E-state index is 13.0. The number of aromatic nitrogens is 3. The predicted octanol–water partition coefficient (Wildman–Crippen LogP) is -4.54. The number of carbonyl (C=O) groups is 4. The van der Waals surface area contributed by atoms with E-state index in [1.807, 2.05) is 0 Å². The molecule has 2 aliphatic heterocycles. The number of amides is 2. The van der Waals surface area contributed by atoms with Crippen LogP contribution in [0, 0.1) is 0 Å². The second kappa shape index (κ2) is 8.70. The number of nitrogens with one attached hydrogen (secondary N) is 1. The quantitative estimate of drug-likeness (QED) is 0.195. The minimum atomic E-state index is -4.05. The van der Waals surface area contributed by atoms with Crippen LogP contribution in [0.1, 0.15) is 27.2 Å². The summed E-state index contributed by atoms with van der Waals surface area (Å²) < 4.78 is 31.1. The van der Waals surface area contributed by atoms with E-state index in [4.69, 9.17) is 4.74 Å². The van der Waals surface area contributed by atoms with Crippen LogP contribution in [0.25, 0.3) is 0 Å². The standard InChI is InChI=1S/C18H25N5O9S/c1-4-32-17(29)14(10(2)24)19-11(25)8-21-5-6-22(20-21)9-18(3)15(16(27)28)23-12(26)7-13(23)33(18,30)31/h5-6,10,13-15,24H,4,7-9H2,1-3H3,(H-,19,25,27,28)/t10?,13?,14?,15-,18-/m0/s1. The van der Waals surface area contributed by atoms with Crippen molar-refractivity contribution < 1.29 is 47.2 Å². The Balaban J connectivity index is 1.74. The van der Waals surface area contributed by atoms with E-state index in [-0.39, 0.29) is 19.6 Å². The molecule has 182 valence electrons. The lowest BCUT2D eigenvalue weighted by Gasteiger charge is -2.38. The van der Waals surface area contributed by atoms with Crippen LogP contribution >= 0.6 is 0 Å². The van der Waals surface area contributed by atoms with Crippen molar-refractivity contribution in [2.75, 3.05) is 6.61 Å². The highest BCUT2D eigenvalue weighted by molar-refractivity contribution is 7.93. The van der Waals surface area contributed by atoms with E-state index in [1.54, 1.807) is 6.92 Å². The summed E-state index contributed by atoms with van der Waals surface area (Å²) in [6.45, 7) is 3.40. The number of hydrogen-bond donors (Lipinski definition) is 2. The third-order valence-corrected chi connectivity index (χ3v) is 8.56. The highest BCUT2D eigenvalue weighted by atomic mass is 32.2. The fraction of sp³-hybridized carbons (Fsp3) is 0.667. The first kappa shape index (κ1) is 24.6. The third kappa shape index (κ3) is 4.17. The van der Waals surface area contributed by atoms with Crippen LogP contribution in [0.4, 0.5) is 0 Å². The van der Waals surface area contributed by atoms with Crippen molar-refractivity contribution in [1.29, 1.82) is 0 Å². The first-order chi connectivity index (χ1) is 15.3. The number of fused-ring (bicyclic) bond motifs is 1. The molecule has 14 nitrogen and oxygen atoms in total. The van der Waals surface area contributed by atoms with E-state index in [0.717, 1.165) is 14.3 Å². The second-order valence-corrected chi connectivity index (χ2v) is 10.7. The Hall–Kier alpha value is -3.07. The van der Waals surface area contributed by atoms with E-state index in [0.29, 0.717) is 0 Å². The van der Waals surface area contributed by atoms with Crippen LogP contribution in [0.15, 0.2) is 12.4 Å². The van der Waals surface area contributed by atoms with Gasteiger partial charge in [-0.15, -0.1) is 9.36 Å². The zero-order valence-corrected chi connectivity index (χ0v) is 19.0. The van der Waals surface area contributed by atoms with E-state index in [2.05, 4.69) is 10.5 Å². The molecule has 3 heterocycles. The largest absolute Gasteiger partial charge is 0.548 e. The number of ether oxygens (including phenoxy) is 1. The Morgan fingerprint density at radius 3 is 2.67 bits per heavy atom. The first-order valence-corrected chi connectivity index (χ1v) is 11.7. The molecule has 0 spiro atoms. The van der Waals surface area contributed by atoms with Crippen LogP contribution in [-0.4, -0.2) is 87.0 Å². The van der Waals surface area contributed by atoms with Gasteiger partial charge in [0.25, 0.3) is 5.91 Å². The summed E-state index contributed by atoms with van der Waals surface area (Å²) >= 11 is 0. The zero-order chi connectivity index (χ0) is 24.7. The number of esters is 1. The number of sulfone groups is 1. The van der Waals surface area contributed by atoms with Crippen molar-refractivity contribution in [2.45, 2.75) is 68.6 Å². The highest BCUT2D eigenvalue weighted by Crippen LogP contribution is 2.46. The van der Waals surface area contributed by atoms with Crippen LogP contribution < -0.4 is 15.1 Å². The van der Waals surface area contributed by atoms with E-state index < -0.39 is 68.4 Å². The molecule has 0 saturated carbocycles. The van der Waals surface area contributed by atoms with Gasteiger partial charge in [0.05, 0.1) is 36.4 Å². The Bertz CT molecular complexity index is 1080. The Labute approximate surface area is 189 Å². The average molecular weight is 487 g/mol. The van der Waals surface area contributed by atoms with Crippen molar-refractivity contribution in [3.05, 3.63) is 12.4 Å². The summed E-state index contributed by atoms with van der Waals surface area (Å²) in [5.41, 5.74) is 0. The number of aliphatic hydroxyl groups excluding tert-OH is 1. The summed E-state index contributed by atoms with van der Waals surface area (Å²) in [4.78, 5) is 48.6. The first-order valence-electron chi connectivity index (χ1n) is 10.2. The minimum Gasteiger partial charge on any atom is -0.548 e. The molecule has 0 aliphatic carbocycles. The number of carboxylic acids is 1. The van der Waals surface area contributed by atoms with Gasteiger partial charge >= 0.3 is 5.97 Å². The molecule has 5 atom stereocenters. The van der Waals surface area contributed by atoms with E-state index in [1.165, 1.54) is 26.2 Å². The molecule has 15 heteroatoms. The summed E-state index contributed by atoms with van der Waals surface area (Å²) in [5.74, 6) is -3.74. The molecule has 2 aliphatic rings. The summed E-state index contributed by atoms with van der Waals surface area (Å²) in [6, 6.07) is -2.96. The monoisotopic (exact) mass is 487 g/mol. The smallest absolute Gasteiger partial charge is 0.331 e. The lowest BCUT2D eigenvalue weighted by atomic mass is 9.96. The maximum atomic E-state index is 13.0. The van der Waals surface area contributed by atoms with Crippen LogP contribution in [-0.2, 0) is 46.8 Å². The molecule has 3 unspecified atom stereocenters. The number of aliphatic hydroxyl groups is 1. The van der Waals surface area contributed by atoms with Gasteiger partial charge < -0.3 is 30.0 Å². The fourth-order valence-corrected chi connectivity index (χ4v) is 6.45. The lowest BCUT2D eigenvalue weighted by Crippen LogP contribution is -2.61. The minimum absolute atomic E-state index is 0.0650. The molecule has 2 saturated heterocycles. The van der Waals surface area contributed by atoms with Crippen molar-refractivity contribution in [3.8, 4) is 0 Å². The third-order valence-electron chi connectivity index (χ3n) is 5.80. The van der Waals surface area contributed by atoms with Gasteiger partial charge in [0.2, 0.25) is 5.91 Å². The van der Waals surface area contributed by atoms with Gasteiger partial charge in [-0.25, -0.2) is 13.2 Å². The zero-order valence-electron chi connectivity index (χ0n) is 18.2. The molecule has 0 bridgehead atoms. The Morgan fingerprint density at radius 2 is 2.12 bits per heavy atom. The average Bonchev–Trinajstić information content (AvgIpc) is 3.18. The van der Waals surface area contributed by atoms with Crippen LogP contribution in [0.5, 0.6) is 0 Å². The van der Waals surface area contributed by atoms with Crippen LogP contribution in [0.3, 0.4) is 0 Å². The second-order valence-electron chi connectivity index (χ2n) is 8.16. The molecule has 2 amide bonds. The van der Waals surface area contributed by atoms with Gasteiger partial charge in [-0.1, -0.05) is 0 Å². The van der Waals surface area contributed by atoms with Crippen molar-refractivity contribution in [2.24, 2.45) is 0 Å². The maximum Gasteiger partial charge on any atom is 0.331 e. The molecule has 1 aromatic rings. The summed E-state index contributed by atoms with van der Waals surface area (Å²) in [6.07, 6.45) is 1.19. The topological polar surface area (TPSA) is 192 Å². The van der Waals surface area contributed by atoms with Gasteiger partial charge in [-0.3, -0.25) is 9.59 Å². The number of β-lactam (4-membered cyclic amide) rings is 1. The van der Waals surface area contributed by atoms with Gasteiger partial charge in [-0.2, -0.15) is 0 Å². The summed E-state index contributed by atoms with van der Waals surface area (Å²) in [5, 5.41) is 26.6. The van der Waals surface area contributed by atoms with Crippen molar-refractivity contribution in [1.82, 2.24) is 20.1 Å². The van der Waals surface area contributed by atoms with E-state index in [9.17, 15) is 37.8 Å². The number of nitrogens with zero attached hydrogens (tertiary/aromatic N) is 4. The molecule has 2 N–H and O–H groups in total. The van der Waals surface area contributed by atoms with Crippen LogP contribution in [0.2, 0.25) is 0 Å². The number of carboxylic acid groups (broad SMARTS) is 1. The fourth-order valence-electron chi connectivity index (χ4n) is 4.10. The van der Waals surface area contributed by atoms with E-state index >= 15 is 0 Å². The molecular formula is C18H25N5O9S. The Morgan fingerprint density at radius 1 is 1.45 bits per heavy atom. The molecule has 2 fully saturated rings. The summed E-state index contributed by atoms with van der Waals surface area (Å²) in [7, 11) is -4.05. The van der Waals surface area contributed by atoms with Gasteiger partial charge in [0.15, 0.2) is 34.8 Å². The SMILES string of the molecule is CCOC(=O)C(NC(=O)C[n+]1ccn(C[C@@]2(C)[C@H](C(=O)[O-])N3C(=O)CC3S2(=O)=O)n1)C(C)O. The van der Waals surface area contributed by atoms with Gasteiger partial charge in [0.1, 0.15) is 16.7 Å². The molecule has 1 aromatic heterocycles. The number of aliphatic carboxylic acids is 1. The Kier molecular flexibility index (Phi) is 6.48. The van der Waals surface area contributed by atoms with Gasteiger partial charge in [0, 0.05) is 0 Å². The molecule has 33 heavy (non-hydrogen) atoms. The number of carbonyl (C=O) groups excluding carboxylic acids is 4. The van der Waals surface area contributed by atoms with Gasteiger partial charge in [-0.05, 0) is 20.8 Å². The lowest BCUT2D eigenvalue weighted by molar-refractivity contribution is -0.744. The number of rotatable bonds is 9. The molecule has 0 radical (unpaired) electrons.